The molecule has 2 heterocycles. The zero-order valence-corrected chi connectivity index (χ0v) is 13.0. The Bertz CT molecular complexity index is 573. The van der Waals surface area contributed by atoms with E-state index < -0.39 is 0 Å². The Morgan fingerprint density at radius 1 is 1.35 bits per heavy atom. The van der Waals surface area contributed by atoms with E-state index in [0.29, 0.717) is 26.1 Å². The lowest BCUT2D eigenvalue weighted by Gasteiger charge is -2.37. The quantitative estimate of drug-likeness (QED) is 0.788. The lowest BCUT2D eigenvalue weighted by atomic mass is 10.1. The molecule has 0 spiro atoms. The van der Waals surface area contributed by atoms with Crippen LogP contribution in [0.25, 0.3) is 0 Å². The van der Waals surface area contributed by atoms with Crippen LogP contribution in [0, 0.1) is 6.92 Å². The summed E-state index contributed by atoms with van der Waals surface area (Å²) in [4.78, 5) is 28.0. The van der Waals surface area contributed by atoms with Gasteiger partial charge in [-0.05, 0) is 37.1 Å². The van der Waals surface area contributed by atoms with Crippen molar-refractivity contribution < 1.29 is 9.59 Å². The minimum absolute atomic E-state index is 0.0691. The first kappa shape index (κ1) is 13.6. The van der Waals surface area contributed by atoms with Crippen LogP contribution in [0.4, 0.5) is 0 Å². The van der Waals surface area contributed by atoms with Crippen LogP contribution in [0.15, 0.2) is 22.7 Å². The van der Waals surface area contributed by atoms with Crippen molar-refractivity contribution in [1.82, 2.24) is 9.80 Å². The molecule has 2 saturated heterocycles. The molecule has 0 radical (unpaired) electrons. The van der Waals surface area contributed by atoms with Crippen LogP contribution in [0.3, 0.4) is 0 Å². The molecule has 1 aromatic carbocycles. The Kier molecular flexibility index (Phi) is 3.54. The van der Waals surface area contributed by atoms with Gasteiger partial charge in [-0.15, -0.1) is 0 Å². The van der Waals surface area contributed by atoms with Gasteiger partial charge in [-0.2, -0.15) is 0 Å². The van der Waals surface area contributed by atoms with Gasteiger partial charge in [0.2, 0.25) is 5.91 Å². The summed E-state index contributed by atoms with van der Waals surface area (Å²) in [6.07, 6.45) is 1.51. The molecule has 5 heteroatoms. The largest absolute Gasteiger partial charge is 0.336 e. The topological polar surface area (TPSA) is 40.6 Å². The predicted octanol–water partition coefficient (Wildman–Crippen LogP) is 2.20. The highest BCUT2D eigenvalue weighted by Gasteiger charge is 2.36. The summed E-state index contributed by atoms with van der Waals surface area (Å²) < 4.78 is 1.01. The van der Waals surface area contributed by atoms with E-state index in [-0.39, 0.29) is 17.9 Å². The highest BCUT2D eigenvalue weighted by Crippen LogP contribution is 2.24. The van der Waals surface area contributed by atoms with E-state index in [9.17, 15) is 9.59 Å². The van der Waals surface area contributed by atoms with Crippen LogP contribution < -0.4 is 0 Å². The highest BCUT2D eigenvalue weighted by molar-refractivity contribution is 9.10. The standard InChI is InChI=1S/C15H17BrN2O2/c1-10-8-11(2-4-13(10)16)15(20)17-6-7-18-12(9-17)3-5-14(18)19/h2,4,8,12H,3,5-7,9H2,1H3. The third kappa shape index (κ3) is 2.35. The van der Waals surface area contributed by atoms with Crippen molar-refractivity contribution in [3.63, 3.8) is 0 Å². The average Bonchev–Trinajstić information content (AvgIpc) is 2.82. The number of fused-ring (bicyclic) bond motifs is 1. The number of carbonyl (C=O) groups is 2. The molecule has 20 heavy (non-hydrogen) atoms. The van der Waals surface area contributed by atoms with Gasteiger partial charge < -0.3 is 9.80 Å². The number of halogens is 1. The fourth-order valence-corrected chi connectivity index (χ4v) is 3.26. The maximum atomic E-state index is 12.5. The second kappa shape index (κ2) is 5.20. The number of aryl methyl sites for hydroxylation is 1. The van der Waals surface area contributed by atoms with Gasteiger partial charge >= 0.3 is 0 Å². The Morgan fingerprint density at radius 3 is 2.90 bits per heavy atom. The van der Waals surface area contributed by atoms with E-state index in [4.69, 9.17) is 0 Å². The molecule has 1 atom stereocenters. The average molecular weight is 337 g/mol. The predicted molar refractivity (Wildman–Crippen MR) is 79.5 cm³/mol. The molecule has 2 aliphatic rings. The molecule has 0 N–H and O–H groups in total. The van der Waals surface area contributed by atoms with Crippen molar-refractivity contribution >= 4 is 27.7 Å². The number of rotatable bonds is 1. The zero-order chi connectivity index (χ0) is 14.3. The molecule has 1 unspecified atom stereocenters. The molecule has 3 rings (SSSR count). The summed E-state index contributed by atoms with van der Waals surface area (Å²) in [6.45, 7) is 3.95. The SMILES string of the molecule is Cc1cc(C(=O)N2CCN3C(=O)CCC3C2)ccc1Br. The number of hydrogen-bond acceptors (Lipinski definition) is 2. The van der Waals surface area contributed by atoms with Crippen LogP contribution >= 0.6 is 15.9 Å². The first-order valence-electron chi connectivity index (χ1n) is 6.91. The Balaban J connectivity index is 1.75. The number of piperazine rings is 1. The molecule has 4 nitrogen and oxygen atoms in total. The molecule has 0 aromatic heterocycles. The number of nitrogens with zero attached hydrogens (tertiary/aromatic N) is 2. The van der Waals surface area contributed by atoms with Gasteiger partial charge in [-0.25, -0.2) is 0 Å². The van der Waals surface area contributed by atoms with Crippen LogP contribution in [0.1, 0.15) is 28.8 Å². The highest BCUT2D eigenvalue weighted by atomic mass is 79.9. The first-order chi connectivity index (χ1) is 9.56. The molecule has 2 fully saturated rings. The number of carbonyl (C=O) groups excluding carboxylic acids is 2. The van der Waals surface area contributed by atoms with Crippen molar-refractivity contribution in [2.24, 2.45) is 0 Å². The number of benzene rings is 1. The molecule has 0 bridgehead atoms. The van der Waals surface area contributed by atoms with E-state index in [2.05, 4.69) is 15.9 Å². The number of hydrogen-bond donors (Lipinski definition) is 0. The summed E-state index contributed by atoms with van der Waals surface area (Å²) in [5.74, 6) is 0.307. The monoisotopic (exact) mass is 336 g/mol. The Hall–Kier alpha value is -1.36. The lowest BCUT2D eigenvalue weighted by Crippen LogP contribution is -2.53. The van der Waals surface area contributed by atoms with Gasteiger partial charge in [-0.3, -0.25) is 9.59 Å². The van der Waals surface area contributed by atoms with E-state index >= 15 is 0 Å². The van der Waals surface area contributed by atoms with E-state index in [1.165, 1.54) is 0 Å². The molecule has 0 saturated carbocycles. The second-order valence-electron chi connectivity index (χ2n) is 5.49. The van der Waals surface area contributed by atoms with Crippen LogP contribution in [-0.4, -0.2) is 47.3 Å². The molecule has 106 valence electrons. The zero-order valence-electron chi connectivity index (χ0n) is 11.4. The molecule has 0 aliphatic carbocycles. The van der Waals surface area contributed by atoms with Gasteiger partial charge in [0.25, 0.3) is 5.91 Å². The van der Waals surface area contributed by atoms with Gasteiger partial charge in [0.1, 0.15) is 0 Å². The fraction of sp³-hybridized carbons (Fsp3) is 0.467. The molecular weight excluding hydrogens is 320 g/mol. The molecule has 2 aliphatic heterocycles. The fourth-order valence-electron chi connectivity index (χ4n) is 3.01. The van der Waals surface area contributed by atoms with Crippen molar-refractivity contribution in [2.45, 2.75) is 25.8 Å². The second-order valence-corrected chi connectivity index (χ2v) is 6.35. The first-order valence-corrected chi connectivity index (χ1v) is 7.70. The minimum atomic E-state index is 0.0691. The molecule has 2 amide bonds. The summed E-state index contributed by atoms with van der Waals surface area (Å²) in [6, 6.07) is 5.90. The van der Waals surface area contributed by atoms with Crippen molar-refractivity contribution in [3.8, 4) is 0 Å². The molecule has 1 aromatic rings. The maximum Gasteiger partial charge on any atom is 0.253 e. The summed E-state index contributed by atoms with van der Waals surface area (Å²) in [5, 5.41) is 0. The third-order valence-electron chi connectivity index (χ3n) is 4.19. The van der Waals surface area contributed by atoms with Gasteiger partial charge in [0.15, 0.2) is 0 Å². The van der Waals surface area contributed by atoms with Crippen molar-refractivity contribution in [2.75, 3.05) is 19.6 Å². The third-order valence-corrected chi connectivity index (χ3v) is 5.08. The Morgan fingerprint density at radius 2 is 2.15 bits per heavy atom. The molecular formula is C15H17BrN2O2. The lowest BCUT2D eigenvalue weighted by molar-refractivity contribution is -0.130. The summed E-state index contributed by atoms with van der Waals surface area (Å²) in [5.41, 5.74) is 1.79. The normalized spacial score (nSPS) is 22.1. The van der Waals surface area contributed by atoms with Crippen LogP contribution in [-0.2, 0) is 4.79 Å². The van der Waals surface area contributed by atoms with Gasteiger partial charge in [0.05, 0.1) is 0 Å². The Labute approximate surface area is 126 Å². The minimum Gasteiger partial charge on any atom is -0.336 e. The van der Waals surface area contributed by atoms with Gasteiger partial charge in [0, 0.05) is 42.1 Å². The van der Waals surface area contributed by atoms with E-state index in [1.54, 1.807) is 0 Å². The van der Waals surface area contributed by atoms with E-state index in [0.717, 1.165) is 22.0 Å². The number of amides is 2. The van der Waals surface area contributed by atoms with Crippen LogP contribution in [0.5, 0.6) is 0 Å². The van der Waals surface area contributed by atoms with E-state index in [1.807, 2.05) is 34.9 Å². The summed E-state index contributed by atoms with van der Waals surface area (Å²) >= 11 is 3.45. The summed E-state index contributed by atoms with van der Waals surface area (Å²) in [7, 11) is 0. The maximum absolute atomic E-state index is 12.5. The van der Waals surface area contributed by atoms with Gasteiger partial charge in [-0.1, -0.05) is 15.9 Å². The van der Waals surface area contributed by atoms with Crippen molar-refractivity contribution in [1.29, 1.82) is 0 Å². The van der Waals surface area contributed by atoms with Crippen LogP contribution in [0.2, 0.25) is 0 Å². The van der Waals surface area contributed by atoms with Crippen molar-refractivity contribution in [3.05, 3.63) is 33.8 Å². The smallest absolute Gasteiger partial charge is 0.253 e.